The molecule has 1 aliphatic carbocycles. The molecule has 3 fully saturated rings. The molecule has 3 aliphatic rings. The second-order valence-corrected chi connectivity index (χ2v) is 12.5. The predicted octanol–water partition coefficient (Wildman–Crippen LogP) is 6.25. The van der Waals surface area contributed by atoms with Gasteiger partial charge < -0.3 is 20.2 Å². The van der Waals surface area contributed by atoms with Gasteiger partial charge in [0.1, 0.15) is 0 Å². The van der Waals surface area contributed by atoms with E-state index in [4.69, 9.17) is 0 Å². The zero-order valence-electron chi connectivity index (χ0n) is 24.7. The molecular weight excluding hydrogens is 604 g/mol. The van der Waals surface area contributed by atoms with Crippen LogP contribution in [-0.2, 0) is 28.4 Å². The fourth-order valence-electron chi connectivity index (χ4n) is 6.72. The minimum atomic E-state index is -4.96. The molecule has 0 spiro atoms. The van der Waals surface area contributed by atoms with Gasteiger partial charge in [-0.1, -0.05) is 24.3 Å². The van der Waals surface area contributed by atoms with Gasteiger partial charge in [0.05, 0.1) is 11.1 Å². The number of amides is 3. The molecule has 7 nitrogen and oxygen atoms in total. The van der Waals surface area contributed by atoms with Gasteiger partial charge >= 0.3 is 18.4 Å². The van der Waals surface area contributed by atoms with Crippen LogP contribution >= 0.6 is 0 Å². The molecule has 244 valence electrons. The summed E-state index contributed by atoms with van der Waals surface area (Å²) in [7, 11) is 0. The Hall–Kier alpha value is -3.77. The number of halogens is 6. The highest BCUT2D eigenvalue weighted by Crippen LogP contribution is 2.43. The Balaban J connectivity index is 1.33. The average molecular weight is 640 g/mol. The fourth-order valence-corrected chi connectivity index (χ4v) is 6.72. The molecule has 5 rings (SSSR count). The van der Waals surface area contributed by atoms with Gasteiger partial charge in [0.25, 0.3) is 0 Å². The SMILES string of the molecule is Cc1ccccc1[C@@H]1CN(C(=O)C2CCN(C(=O)O)CC2)CC[C@H]1C(=O)NC1(Cc2cc(C(F)(F)F)cc(C(F)(F)F)c2)CC1. The quantitative estimate of drug-likeness (QED) is 0.366. The molecular formula is C32H35F6N3O4. The lowest BCUT2D eigenvalue weighted by molar-refractivity contribution is -0.143. The minimum Gasteiger partial charge on any atom is -0.465 e. The van der Waals surface area contributed by atoms with E-state index in [1.54, 1.807) is 4.90 Å². The van der Waals surface area contributed by atoms with E-state index in [2.05, 4.69) is 5.32 Å². The molecule has 0 bridgehead atoms. The van der Waals surface area contributed by atoms with Gasteiger partial charge in [0, 0.05) is 49.5 Å². The second-order valence-electron chi connectivity index (χ2n) is 12.5. The molecule has 2 saturated heterocycles. The minimum absolute atomic E-state index is 0.0823. The third-order valence-corrected chi connectivity index (χ3v) is 9.40. The van der Waals surface area contributed by atoms with Gasteiger partial charge in [-0.25, -0.2) is 4.79 Å². The normalized spacial score (nSPS) is 22.2. The topological polar surface area (TPSA) is 90.0 Å². The van der Waals surface area contributed by atoms with E-state index < -0.39 is 41.0 Å². The third kappa shape index (κ3) is 7.38. The zero-order valence-corrected chi connectivity index (χ0v) is 24.7. The van der Waals surface area contributed by atoms with Crippen molar-refractivity contribution in [1.29, 1.82) is 0 Å². The summed E-state index contributed by atoms with van der Waals surface area (Å²) < 4.78 is 80.6. The molecule has 1 saturated carbocycles. The van der Waals surface area contributed by atoms with Gasteiger partial charge in [-0.3, -0.25) is 9.59 Å². The van der Waals surface area contributed by atoms with E-state index in [0.29, 0.717) is 50.8 Å². The number of rotatable bonds is 6. The van der Waals surface area contributed by atoms with Crippen LogP contribution in [0.1, 0.15) is 65.8 Å². The van der Waals surface area contributed by atoms with Crippen molar-refractivity contribution in [2.24, 2.45) is 11.8 Å². The molecule has 45 heavy (non-hydrogen) atoms. The van der Waals surface area contributed by atoms with Crippen LogP contribution in [0.15, 0.2) is 42.5 Å². The lowest BCUT2D eigenvalue weighted by Gasteiger charge is -2.41. The molecule has 0 unspecified atom stereocenters. The van der Waals surface area contributed by atoms with E-state index in [0.717, 1.165) is 11.1 Å². The van der Waals surface area contributed by atoms with Crippen LogP contribution < -0.4 is 5.32 Å². The summed E-state index contributed by atoms with van der Waals surface area (Å²) >= 11 is 0. The van der Waals surface area contributed by atoms with Crippen LogP contribution in [0.4, 0.5) is 31.1 Å². The van der Waals surface area contributed by atoms with Crippen molar-refractivity contribution in [3.8, 4) is 0 Å². The highest BCUT2D eigenvalue weighted by atomic mass is 19.4. The first-order valence-electron chi connectivity index (χ1n) is 15.0. The number of aryl methyl sites for hydroxylation is 1. The number of alkyl halides is 6. The van der Waals surface area contributed by atoms with Crippen molar-refractivity contribution < 1.29 is 45.8 Å². The number of piperidine rings is 2. The van der Waals surface area contributed by atoms with E-state index in [-0.39, 0.29) is 61.3 Å². The Kier molecular flexibility index (Phi) is 8.85. The summed E-state index contributed by atoms with van der Waals surface area (Å²) in [4.78, 5) is 41.6. The van der Waals surface area contributed by atoms with Gasteiger partial charge in [0.2, 0.25) is 11.8 Å². The number of benzene rings is 2. The van der Waals surface area contributed by atoms with E-state index >= 15 is 0 Å². The molecule has 2 heterocycles. The lowest BCUT2D eigenvalue weighted by Crippen LogP contribution is -2.52. The monoisotopic (exact) mass is 639 g/mol. The highest BCUT2D eigenvalue weighted by molar-refractivity contribution is 5.83. The van der Waals surface area contributed by atoms with Gasteiger partial charge in [-0.05, 0) is 80.3 Å². The zero-order chi connectivity index (χ0) is 32.7. The smallest absolute Gasteiger partial charge is 0.416 e. The fraction of sp³-hybridized carbons (Fsp3) is 0.531. The van der Waals surface area contributed by atoms with Crippen molar-refractivity contribution in [2.45, 2.75) is 69.3 Å². The lowest BCUT2D eigenvalue weighted by atomic mass is 9.78. The summed E-state index contributed by atoms with van der Waals surface area (Å²) in [6.07, 6.45) is -9.14. The summed E-state index contributed by atoms with van der Waals surface area (Å²) in [6, 6.07) is 9.02. The van der Waals surface area contributed by atoms with E-state index in [9.17, 15) is 45.8 Å². The molecule has 2 aromatic rings. The van der Waals surface area contributed by atoms with E-state index in [1.807, 2.05) is 31.2 Å². The van der Waals surface area contributed by atoms with E-state index in [1.165, 1.54) is 4.90 Å². The van der Waals surface area contributed by atoms with Crippen LogP contribution in [0.25, 0.3) is 0 Å². The van der Waals surface area contributed by atoms with Crippen molar-refractivity contribution in [1.82, 2.24) is 15.1 Å². The van der Waals surface area contributed by atoms with Crippen LogP contribution in [0.3, 0.4) is 0 Å². The molecule has 13 heteroatoms. The summed E-state index contributed by atoms with van der Waals surface area (Å²) in [5.41, 5.74) is -2.08. The number of carbonyl (C=O) groups is 3. The number of carboxylic acid groups (broad SMARTS) is 1. The Morgan fingerprint density at radius 2 is 1.47 bits per heavy atom. The van der Waals surface area contributed by atoms with Gasteiger partial charge in [-0.15, -0.1) is 0 Å². The number of nitrogens with zero attached hydrogens (tertiary/aromatic N) is 2. The molecule has 2 aliphatic heterocycles. The number of likely N-dealkylation sites (tertiary alicyclic amines) is 2. The van der Waals surface area contributed by atoms with Crippen molar-refractivity contribution in [3.05, 3.63) is 70.3 Å². The summed E-state index contributed by atoms with van der Waals surface area (Å²) in [6.45, 7) is 3.00. The Labute approximate surface area is 256 Å². The molecule has 0 radical (unpaired) electrons. The maximum atomic E-state index is 13.8. The molecule has 2 aromatic carbocycles. The van der Waals surface area contributed by atoms with Crippen LogP contribution in [0.2, 0.25) is 0 Å². The summed E-state index contributed by atoms with van der Waals surface area (Å²) in [5.74, 6) is -1.71. The average Bonchev–Trinajstić information content (AvgIpc) is 3.74. The number of nitrogens with one attached hydrogen (secondary N) is 1. The highest BCUT2D eigenvalue weighted by Gasteiger charge is 2.48. The standard InChI is InChI=1S/C32H35F6N3O4/c1-19-4-2-3-5-24(19)26-18-41(28(43)21-6-11-40(12-7-21)29(44)45)13-8-25(26)27(42)39-30(9-10-30)17-20-14-22(31(33,34)35)16-23(15-20)32(36,37)38/h2-5,14-16,21,25-26H,6-13,17-18H2,1H3,(H,39,42)(H,44,45)/t25-,26+/m1/s1. The predicted molar refractivity (Wildman–Crippen MR) is 151 cm³/mol. The number of carbonyl (C=O) groups excluding carboxylic acids is 2. The first kappa shape index (κ1) is 32.6. The Morgan fingerprint density at radius 3 is 2.00 bits per heavy atom. The number of hydrogen-bond donors (Lipinski definition) is 2. The second kappa shape index (κ2) is 12.2. The van der Waals surface area contributed by atoms with Gasteiger partial charge in [0.15, 0.2) is 0 Å². The first-order valence-corrected chi connectivity index (χ1v) is 15.0. The maximum Gasteiger partial charge on any atom is 0.416 e. The third-order valence-electron chi connectivity index (χ3n) is 9.40. The molecule has 2 N–H and O–H groups in total. The Morgan fingerprint density at radius 1 is 0.889 bits per heavy atom. The number of hydrogen-bond acceptors (Lipinski definition) is 3. The van der Waals surface area contributed by atoms with Crippen LogP contribution in [0, 0.1) is 18.8 Å². The largest absolute Gasteiger partial charge is 0.465 e. The van der Waals surface area contributed by atoms with Gasteiger partial charge in [-0.2, -0.15) is 26.3 Å². The molecule has 3 amide bonds. The Bertz CT molecular complexity index is 1410. The van der Waals surface area contributed by atoms with Crippen molar-refractivity contribution in [3.63, 3.8) is 0 Å². The maximum absolute atomic E-state index is 13.8. The molecule has 0 aromatic heterocycles. The summed E-state index contributed by atoms with van der Waals surface area (Å²) in [5, 5.41) is 12.2. The first-order chi connectivity index (χ1) is 21.1. The van der Waals surface area contributed by atoms with Crippen LogP contribution in [-0.4, -0.2) is 64.5 Å². The van der Waals surface area contributed by atoms with Crippen LogP contribution in [0.5, 0.6) is 0 Å². The van der Waals surface area contributed by atoms with Crippen molar-refractivity contribution >= 4 is 17.9 Å². The van der Waals surface area contributed by atoms with Crippen molar-refractivity contribution in [2.75, 3.05) is 26.2 Å². The molecule has 2 atom stereocenters.